The van der Waals surface area contributed by atoms with Crippen molar-refractivity contribution in [3.63, 3.8) is 0 Å². The van der Waals surface area contributed by atoms with E-state index in [1.54, 1.807) is 7.11 Å². The van der Waals surface area contributed by atoms with E-state index in [2.05, 4.69) is 21.7 Å². The predicted molar refractivity (Wildman–Crippen MR) is 68.1 cm³/mol. The maximum atomic E-state index is 5.03. The molecule has 1 atom stereocenters. The Labute approximate surface area is 103 Å². The molecule has 1 aromatic rings. The molecule has 0 radical (unpaired) electrons. The zero-order valence-electron chi connectivity index (χ0n) is 10.4. The zero-order chi connectivity index (χ0) is 11.9. The van der Waals surface area contributed by atoms with Crippen molar-refractivity contribution in [3.05, 3.63) is 23.9 Å². The van der Waals surface area contributed by atoms with E-state index >= 15 is 0 Å². The van der Waals surface area contributed by atoms with E-state index in [1.807, 2.05) is 12.3 Å². The average molecular weight is 235 g/mol. The summed E-state index contributed by atoms with van der Waals surface area (Å²) >= 11 is 0. The molecular weight excluding hydrogens is 214 g/mol. The molecule has 0 saturated carbocycles. The van der Waals surface area contributed by atoms with E-state index in [1.165, 1.54) is 24.9 Å². The quantitative estimate of drug-likeness (QED) is 0.804. The fraction of sp³-hybridized carbons (Fsp3) is 0.615. The molecule has 2 rings (SSSR count). The first kappa shape index (κ1) is 12.3. The van der Waals surface area contributed by atoms with Gasteiger partial charge in [-0.1, -0.05) is 6.07 Å². The van der Waals surface area contributed by atoms with E-state index in [9.17, 15) is 0 Å². The first-order chi connectivity index (χ1) is 8.38. The maximum Gasteiger partial charge on any atom is 0.212 e. The van der Waals surface area contributed by atoms with E-state index < -0.39 is 0 Å². The third kappa shape index (κ3) is 3.98. The second-order valence-electron chi connectivity index (χ2n) is 4.55. The van der Waals surface area contributed by atoms with Gasteiger partial charge in [0.1, 0.15) is 0 Å². The monoisotopic (exact) mass is 235 g/mol. The number of ether oxygens (including phenoxy) is 1. The van der Waals surface area contributed by atoms with Crippen molar-refractivity contribution in [2.75, 3.05) is 26.7 Å². The van der Waals surface area contributed by atoms with Crippen LogP contribution in [0.15, 0.2) is 18.3 Å². The number of nitrogens with zero attached hydrogens (tertiary/aromatic N) is 1. The van der Waals surface area contributed by atoms with Gasteiger partial charge in [0.05, 0.1) is 7.11 Å². The number of methoxy groups -OCH3 is 1. The van der Waals surface area contributed by atoms with Gasteiger partial charge in [-0.3, -0.25) is 0 Å². The van der Waals surface area contributed by atoms with Gasteiger partial charge in [-0.15, -0.1) is 0 Å². The van der Waals surface area contributed by atoms with Gasteiger partial charge >= 0.3 is 0 Å². The lowest BCUT2D eigenvalue weighted by atomic mass is 10.00. The van der Waals surface area contributed by atoms with Crippen LogP contribution in [-0.2, 0) is 6.54 Å². The van der Waals surface area contributed by atoms with Gasteiger partial charge in [0, 0.05) is 18.8 Å². The molecule has 0 amide bonds. The van der Waals surface area contributed by atoms with Crippen molar-refractivity contribution in [1.82, 2.24) is 15.6 Å². The van der Waals surface area contributed by atoms with Crippen LogP contribution in [-0.4, -0.2) is 31.7 Å². The lowest BCUT2D eigenvalue weighted by Crippen LogP contribution is -2.35. The van der Waals surface area contributed by atoms with Gasteiger partial charge in [-0.2, -0.15) is 0 Å². The highest BCUT2D eigenvalue weighted by Gasteiger charge is 2.11. The summed E-state index contributed by atoms with van der Waals surface area (Å²) in [5.74, 6) is 1.44. The smallest absolute Gasteiger partial charge is 0.212 e. The minimum atomic E-state index is 0.672. The summed E-state index contributed by atoms with van der Waals surface area (Å²) in [5, 5.41) is 6.92. The zero-order valence-corrected chi connectivity index (χ0v) is 10.4. The van der Waals surface area contributed by atoms with Crippen molar-refractivity contribution in [2.24, 2.45) is 5.92 Å². The van der Waals surface area contributed by atoms with Crippen LogP contribution in [0.1, 0.15) is 18.4 Å². The minimum absolute atomic E-state index is 0.672. The summed E-state index contributed by atoms with van der Waals surface area (Å²) in [6, 6.07) is 3.96. The Balaban J connectivity index is 1.69. The molecule has 1 aliphatic rings. The van der Waals surface area contributed by atoms with Gasteiger partial charge in [0.25, 0.3) is 0 Å². The van der Waals surface area contributed by atoms with Gasteiger partial charge < -0.3 is 15.4 Å². The van der Waals surface area contributed by atoms with Crippen molar-refractivity contribution in [2.45, 2.75) is 19.4 Å². The average Bonchev–Trinajstić information content (AvgIpc) is 2.41. The lowest BCUT2D eigenvalue weighted by Gasteiger charge is -2.22. The van der Waals surface area contributed by atoms with Crippen LogP contribution in [0.2, 0.25) is 0 Å². The van der Waals surface area contributed by atoms with Crippen LogP contribution < -0.4 is 15.4 Å². The fourth-order valence-corrected chi connectivity index (χ4v) is 2.16. The van der Waals surface area contributed by atoms with Crippen LogP contribution in [0.4, 0.5) is 0 Å². The topological polar surface area (TPSA) is 46.2 Å². The molecule has 4 nitrogen and oxygen atoms in total. The third-order valence-electron chi connectivity index (χ3n) is 3.17. The Bertz CT molecular complexity index is 320. The van der Waals surface area contributed by atoms with Crippen LogP contribution in [0.25, 0.3) is 0 Å². The molecule has 0 unspecified atom stereocenters. The molecule has 94 valence electrons. The number of hydrogen-bond acceptors (Lipinski definition) is 4. The predicted octanol–water partition coefficient (Wildman–Crippen LogP) is 1.18. The largest absolute Gasteiger partial charge is 0.481 e. The maximum absolute atomic E-state index is 5.03. The molecule has 0 aliphatic carbocycles. The summed E-state index contributed by atoms with van der Waals surface area (Å²) in [5.41, 5.74) is 1.20. The molecule has 2 N–H and O–H groups in total. The first-order valence-corrected chi connectivity index (χ1v) is 6.29. The highest BCUT2D eigenvalue weighted by molar-refractivity contribution is 5.17. The highest BCUT2D eigenvalue weighted by Crippen LogP contribution is 2.09. The van der Waals surface area contributed by atoms with Crippen LogP contribution in [0.5, 0.6) is 5.88 Å². The summed E-state index contributed by atoms with van der Waals surface area (Å²) < 4.78 is 5.03. The Hall–Kier alpha value is -1.13. The van der Waals surface area contributed by atoms with Crippen molar-refractivity contribution >= 4 is 0 Å². The minimum Gasteiger partial charge on any atom is -0.481 e. The van der Waals surface area contributed by atoms with Crippen LogP contribution >= 0.6 is 0 Å². The Morgan fingerprint density at radius 1 is 1.53 bits per heavy atom. The van der Waals surface area contributed by atoms with E-state index in [0.29, 0.717) is 5.88 Å². The van der Waals surface area contributed by atoms with Gasteiger partial charge in [0.2, 0.25) is 5.88 Å². The second-order valence-corrected chi connectivity index (χ2v) is 4.55. The van der Waals surface area contributed by atoms with Gasteiger partial charge in [0.15, 0.2) is 0 Å². The Kier molecular flexibility index (Phi) is 4.76. The SMILES string of the molecule is COc1ccc(CNC[C@@H]2CCCNC2)cn1. The molecule has 4 heteroatoms. The molecule has 0 spiro atoms. The van der Waals surface area contributed by atoms with E-state index in [0.717, 1.165) is 25.6 Å². The molecular formula is C13H21N3O. The van der Waals surface area contributed by atoms with E-state index in [-0.39, 0.29) is 0 Å². The molecule has 0 bridgehead atoms. The standard InChI is InChI=1S/C13H21N3O/c1-17-13-5-4-12(10-16-13)9-15-8-11-3-2-6-14-7-11/h4-5,10-11,14-15H,2-3,6-9H2,1H3/t11-/m1/s1. The molecule has 2 heterocycles. The number of aromatic nitrogens is 1. The first-order valence-electron chi connectivity index (χ1n) is 6.29. The molecule has 1 aromatic heterocycles. The van der Waals surface area contributed by atoms with E-state index in [4.69, 9.17) is 4.74 Å². The van der Waals surface area contributed by atoms with Crippen LogP contribution in [0, 0.1) is 5.92 Å². The Morgan fingerprint density at radius 2 is 2.47 bits per heavy atom. The molecule has 1 fully saturated rings. The molecule has 0 aromatic carbocycles. The fourth-order valence-electron chi connectivity index (χ4n) is 2.16. The summed E-state index contributed by atoms with van der Waals surface area (Å²) in [7, 11) is 1.64. The van der Waals surface area contributed by atoms with Crippen molar-refractivity contribution in [3.8, 4) is 5.88 Å². The third-order valence-corrected chi connectivity index (χ3v) is 3.17. The van der Waals surface area contributed by atoms with Gasteiger partial charge in [-0.05, 0) is 44.0 Å². The number of rotatable bonds is 5. The molecule has 1 saturated heterocycles. The summed E-state index contributed by atoms with van der Waals surface area (Å²) in [6.07, 6.45) is 4.50. The van der Waals surface area contributed by atoms with Gasteiger partial charge in [-0.25, -0.2) is 4.98 Å². The normalized spacial score (nSPS) is 20.2. The number of pyridine rings is 1. The van der Waals surface area contributed by atoms with Crippen molar-refractivity contribution < 1.29 is 4.74 Å². The summed E-state index contributed by atoms with van der Waals surface area (Å²) in [6.45, 7) is 4.29. The lowest BCUT2D eigenvalue weighted by molar-refractivity contribution is 0.359. The van der Waals surface area contributed by atoms with Crippen molar-refractivity contribution in [1.29, 1.82) is 0 Å². The number of nitrogens with one attached hydrogen (secondary N) is 2. The second kappa shape index (κ2) is 6.57. The summed E-state index contributed by atoms with van der Waals surface area (Å²) in [4.78, 5) is 4.19. The number of piperidine rings is 1. The highest BCUT2D eigenvalue weighted by atomic mass is 16.5. The number of hydrogen-bond donors (Lipinski definition) is 2. The van der Waals surface area contributed by atoms with Crippen LogP contribution in [0.3, 0.4) is 0 Å². The Morgan fingerprint density at radius 3 is 3.12 bits per heavy atom. The molecule has 1 aliphatic heterocycles. The molecule has 17 heavy (non-hydrogen) atoms.